The molecule has 2 N–H and O–H groups in total. The molecule has 1 saturated heterocycles. The largest absolute Gasteiger partial charge is 0.479 e. The first-order valence-electron chi connectivity index (χ1n) is 7.29. The first kappa shape index (κ1) is 15.5. The highest BCUT2D eigenvalue weighted by atomic mass is 16.5. The van der Waals surface area contributed by atoms with Gasteiger partial charge in [-0.2, -0.15) is 0 Å². The van der Waals surface area contributed by atoms with Gasteiger partial charge in [0.25, 0.3) is 0 Å². The second kappa shape index (κ2) is 6.72. The lowest BCUT2D eigenvalue weighted by Gasteiger charge is -2.32. The Kier molecular flexibility index (Phi) is 4.96. The van der Waals surface area contributed by atoms with Crippen molar-refractivity contribution in [2.45, 2.75) is 31.7 Å². The maximum atomic E-state index is 12.4. The summed E-state index contributed by atoms with van der Waals surface area (Å²) in [5.74, 6) is -1.41. The number of benzene rings is 1. The van der Waals surface area contributed by atoms with E-state index in [0.717, 1.165) is 0 Å². The second-order valence-corrected chi connectivity index (χ2v) is 5.31. The van der Waals surface area contributed by atoms with Gasteiger partial charge in [-0.1, -0.05) is 37.3 Å². The van der Waals surface area contributed by atoms with Crippen LogP contribution in [-0.2, 0) is 19.9 Å². The van der Waals surface area contributed by atoms with Crippen molar-refractivity contribution in [3.63, 3.8) is 0 Å². The first-order chi connectivity index (χ1) is 10.1. The Balaban J connectivity index is 2.24. The summed E-state index contributed by atoms with van der Waals surface area (Å²) in [4.78, 5) is 24.3. The zero-order chi connectivity index (χ0) is 15.3. The molecule has 1 amide bonds. The minimum Gasteiger partial charge on any atom is -0.479 e. The van der Waals surface area contributed by atoms with Crippen molar-refractivity contribution in [3.05, 3.63) is 35.9 Å². The molecule has 0 saturated carbocycles. The molecule has 1 aliphatic heterocycles. The molecule has 1 fully saturated rings. The number of carboxylic acids is 1. The van der Waals surface area contributed by atoms with Crippen molar-refractivity contribution in [1.82, 2.24) is 5.32 Å². The molecule has 1 heterocycles. The molecule has 0 spiro atoms. The standard InChI is InChI=1S/C16H21NO4/c1-2-16(15(19)20,13-6-4-3-5-7-13)17-14(18)12-8-10-21-11-9-12/h3-7,12H,2,8-11H2,1H3,(H,17,18)(H,19,20). The molecule has 1 aromatic carbocycles. The Hall–Kier alpha value is -1.88. The van der Waals surface area contributed by atoms with Crippen molar-refractivity contribution in [1.29, 1.82) is 0 Å². The average molecular weight is 291 g/mol. The fourth-order valence-electron chi connectivity index (χ4n) is 2.69. The van der Waals surface area contributed by atoms with E-state index in [4.69, 9.17) is 4.74 Å². The van der Waals surface area contributed by atoms with Crippen LogP contribution < -0.4 is 5.32 Å². The summed E-state index contributed by atoms with van der Waals surface area (Å²) in [5, 5.41) is 12.5. The molecule has 114 valence electrons. The van der Waals surface area contributed by atoms with Crippen LogP contribution in [-0.4, -0.2) is 30.2 Å². The highest BCUT2D eigenvalue weighted by Gasteiger charge is 2.41. The summed E-state index contributed by atoms with van der Waals surface area (Å²) < 4.78 is 5.24. The minimum atomic E-state index is -1.36. The number of aliphatic carboxylic acids is 1. The van der Waals surface area contributed by atoms with Gasteiger partial charge in [-0.3, -0.25) is 4.79 Å². The lowest BCUT2D eigenvalue weighted by Crippen LogP contribution is -2.53. The SMILES string of the molecule is CCC(NC(=O)C1CCOCC1)(C(=O)O)c1ccccc1. The molecule has 0 radical (unpaired) electrons. The number of rotatable bonds is 5. The molecular weight excluding hydrogens is 270 g/mol. The molecule has 1 aromatic rings. The van der Waals surface area contributed by atoms with Crippen molar-refractivity contribution >= 4 is 11.9 Å². The molecule has 0 aromatic heterocycles. The molecule has 0 bridgehead atoms. The molecule has 5 nitrogen and oxygen atoms in total. The van der Waals surface area contributed by atoms with Gasteiger partial charge in [0.15, 0.2) is 5.54 Å². The Labute approximate surface area is 124 Å². The van der Waals surface area contributed by atoms with E-state index in [1.165, 1.54) is 0 Å². The summed E-state index contributed by atoms with van der Waals surface area (Å²) in [6.45, 7) is 2.87. The molecule has 5 heteroatoms. The van der Waals surface area contributed by atoms with Gasteiger partial charge >= 0.3 is 5.97 Å². The van der Waals surface area contributed by atoms with Gasteiger partial charge in [0.1, 0.15) is 0 Å². The van der Waals surface area contributed by atoms with Crippen LogP contribution in [0.15, 0.2) is 30.3 Å². The van der Waals surface area contributed by atoms with Crippen molar-refractivity contribution in [2.75, 3.05) is 13.2 Å². The quantitative estimate of drug-likeness (QED) is 0.869. The first-order valence-corrected chi connectivity index (χ1v) is 7.29. The fourth-order valence-corrected chi connectivity index (χ4v) is 2.69. The van der Waals surface area contributed by atoms with E-state index in [-0.39, 0.29) is 11.8 Å². The fraction of sp³-hybridized carbons (Fsp3) is 0.500. The summed E-state index contributed by atoms with van der Waals surface area (Å²) in [6.07, 6.45) is 1.57. The van der Waals surface area contributed by atoms with Crippen LogP contribution in [0.4, 0.5) is 0 Å². The number of amides is 1. The molecule has 21 heavy (non-hydrogen) atoms. The van der Waals surface area contributed by atoms with Gasteiger partial charge in [-0.15, -0.1) is 0 Å². The van der Waals surface area contributed by atoms with Crippen LogP contribution in [0.2, 0.25) is 0 Å². The van der Waals surface area contributed by atoms with E-state index in [2.05, 4.69) is 5.32 Å². The molecule has 2 rings (SSSR count). The third-order valence-corrected chi connectivity index (χ3v) is 4.09. The zero-order valence-corrected chi connectivity index (χ0v) is 12.2. The number of ether oxygens (including phenoxy) is 1. The number of carboxylic acid groups (broad SMARTS) is 1. The number of carbonyl (C=O) groups excluding carboxylic acids is 1. The van der Waals surface area contributed by atoms with Crippen LogP contribution in [0.3, 0.4) is 0 Å². The highest BCUT2D eigenvalue weighted by Crippen LogP contribution is 2.27. The van der Waals surface area contributed by atoms with E-state index in [0.29, 0.717) is 38.0 Å². The maximum absolute atomic E-state index is 12.4. The Bertz CT molecular complexity index is 496. The van der Waals surface area contributed by atoms with Crippen LogP contribution >= 0.6 is 0 Å². The smallest absolute Gasteiger partial charge is 0.334 e. The second-order valence-electron chi connectivity index (χ2n) is 5.31. The van der Waals surface area contributed by atoms with Gasteiger partial charge in [-0.25, -0.2) is 4.79 Å². The van der Waals surface area contributed by atoms with Gasteiger partial charge in [0.05, 0.1) is 0 Å². The van der Waals surface area contributed by atoms with Crippen molar-refractivity contribution in [3.8, 4) is 0 Å². The average Bonchev–Trinajstić information content (AvgIpc) is 2.54. The Morgan fingerprint density at radius 2 is 1.90 bits per heavy atom. The molecule has 1 atom stereocenters. The topological polar surface area (TPSA) is 75.6 Å². The molecule has 1 aliphatic rings. The normalized spacial score (nSPS) is 18.7. The summed E-state index contributed by atoms with van der Waals surface area (Å²) in [7, 11) is 0. The Morgan fingerprint density at radius 3 is 2.43 bits per heavy atom. The molecular formula is C16H21NO4. The lowest BCUT2D eigenvalue weighted by atomic mass is 9.86. The molecule has 1 unspecified atom stereocenters. The Morgan fingerprint density at radius 1 is 1.29 bits per heavy atom. The van der Waals surface area contributed by atoms with Crippen LogP contribution in [0.25, 0.3) is 0 Å². The highest BCUT2D eigenvalue weighted by molar-refractivity contribution is 5.89. The van der Waals surface area contributed by atoms with Gasteiger partial charge < -0.3 is 15.2 Å². The van der Waals surface area contributed by atoms with Gasteiger partial charge in [0.2, 0.25) is 5.91 Å². The predicted octanol–water partition coefficient (Wildman–Crippen LogP) is 1.92. The lowest BCUT2D eigenvalue weighted by molar-refractivity contribution is -0.149. The summed E-state index contributed by atoms with van der Waals surface area (Å²) in [6, 6.07) is 8.86. The zero-order valence-electron chi connectivity index (χ0n) is 12.2. The van der Waals surface area contributed by atoms with E-state index >= 15 is 0 Å². The van der Waals surface area contributed by atoms with Crippen LogP contribution in [0.1, 0.15) is 31.7 Å². The monoisotopic (exact) mass is 291 g/mol. The van der Waals surface area contributed by atoms with Crippen molar-refractivity contribution in [2.24, 2.45) is 5.92 Å². The van der Waals surface area contributed by atoms with E-state index in [9.17, 15) is 14.7 Å². The third kappa shape index (κ3) is 3.24. The number of hydrogen-bond donors (Lipinski definition) is 2. The van der Waals surface area contributed by atoms with Gasteiger partial charge in [-0.05, 0) is 24.8 Å². The summed E-state index contributed by atoms with van der Waals surface area (Å²) >= 11 is 0. The summed E-state index contributed by atoms with van der Waals surface area (Å²) in [5.41, 5.74) is -0.767. The van der Waals surface area contributed by atoms with Crippen molar-refractivity contribution < 1.29 is 19.4 Å². The minimum absolute atomic E-state index is 0.173. The van der Waals surface area contributed by atoms with E-state index in [1.807, 2.05) is 6.07 Å². The van der Waals surface area contributed by atoms with Crippen LogP contribution in [0.5, 0.6) is 0 Å². The predicted molar refractivity (Wildman–Crippen MR) is 77.7 cm³/mol. The third-order valence-electron chi connectivity index (χ3n) is 4.09. The maximum Gasteiger partial charge on any atom is 0.334 e. The number of nitrogens with one attached hydrogen (secondary N) is 1. The van der Waals surface area contributed by atoms with Crippen LogP contribution in [0, 0.1) is 5.92 Å². The van der Waals surface area contributed by atoms with E-state index in [1.54, 1.807) is 31.2 Å². The van der Waals surface area contributed by atoms with E-state index < -0.39 is 11.5 Å². The molecule has 0 aliphatic carbocycles. The van der Waals surface area contributed by atoms with Gasteiger partial charge in [0, 0.05) is 19.1 Å². The number of carbonyl (C=O) groups is 2. The number of hydrogen-bond acceptors (Lipinski definition) is 3.